The van der Waals surface area contributed by atoms with Crippen molar-refractivity contribution in [1.29, 1.82) is 0 Å². The van der Waals surface area contributed by atoms with Gasteiger partial charge in [-0.2, -0.15) is 0 Å². The van der Waals surface area contributed by atoms with Gasteiger partial charge in [0, 0.05) is 17.2 Å². The zero-order chi connectivity index (χ0) is 19.3. The summed E-state index contributed by atoms with van der Waals surface area (Å²) in [7, 11) is 1.33. The van der Waals surface area contributed by atoms with Crippen molar-refractivity contribution < 1.29 is 24.1 Å². The highest BCUT2D eigenvalue weighted by atomic mass is 19.1. The molecule has 2 rings (SSSR count). The first kappa shape index (κ1) is 19.2. The number of halogens is 1. The summed E-state index contributed by atoms with van der Waals surface area (Å²) in [5.41, 5.74) is 1.42. The van der Waals surface area contributed by atoms with E-state index in [1.54, 1.807) is 12.1 Å². The van der Waals surface area contributed by atoms with Gasteiger partial charge in [-0.25, -0.2) is 4.39 Å². The van der Waals surface area contributed by atoms with Crippen molar-refractivity contribution >= 4 is 11.9 Å². The van der Waals surface area contributed by atoms with Crippen molar-refractivity contribution in [3.05, 3.63) is 70.6 Å². The lowest BCUT2D eigenvalue weighted by Crippen LogP contribution is -2.02. The number of ketones is 1. The summed E-state index contributed by atoms with van der Waals surface area (Å²) in [6.45, 7) is 3.78. The highest BCUT2D eigenvalue weighted by Crippen LogP contribution is 2.39. The zero-order valence-corrected chi connectivity index (χ0v) is 14.9. The van der Waals surface area contributed by atoms with E-state index in [2.05, 4.69) is 0 Å². The molecule has 0 saturated carbocycles. The van der Waals surface area contributed by atoms with E-state index in [0.29, 0.717) is 0 Å². The van der Waals surface area contributed by atoms with Crippen LogP contribution in [0.3, 0.4) is 0 Å². The van der Waals surface area contributed by atoms with E-state index in [1.807, 2.05) is 19.9 Å². The summed E-state index contributed by atoms with van der Waals surface area (Å²) in [6, 6.07) is 7.33. The van der Waals surface area contributed by atoms with Gasteiger partial charge in [-0.3, -0.25) is 4.79 Å². The average molecular weight is 356 g/mol. The molecule has 0 saturated heterocycles. The summed E-state index contributed by atoms with van der Waals surface area (Å²) in [6.07, 6.45) is 4.59. The van der Waals surface area contributed by atoms with Gasteiger partial charge in [0.05, 0.1) is 7.11 Å². The fourth-order valence-corrected chi connectivity index (χ4v) is 2.44. The molecule has 0 spiro atoms. The van der Waals surface area contributed by atoms with Gasteiger partial charge < -0.3 is 14.9 Å². The number of ether oxygens (including phenoxy) is 1. The van der Waals surface area contributed by atoms with Crippen LogP contribution in [0.2, 0.25) is 0 Å². The van der Waals surface area contributed by atoms with Crippen molar-refractivity contribution in [2.45, 2.75) is 20.3 Å². The van der Waals surface area contributed by atoms with E-state index in [1.165, 1.54) is 31.4 Å². The van der Waals surface area contributed by atoms with Gasteiger partial charge in [0.2, 0.25) is 0 Å². The number of hydrogen-bond donors (Lipinski definition) is 2. The molecule has 0 unspecified atom stereocenters. The average Bonchev–Trinajstić information content (AvgIpc) is 2.59. The number of hydrogen-bond acceptors (Lipinski definition) is 4. The molecule has 0 bridgehead atoms. The highest BCUT2D eigenvalue weighted by Gasteiger charge is 2.21. The molecule has 4 nitrogen and oxygen atoms in total. The summed E-state index contributed by atoms with van der Waals surface area (Å²) in [5, 5.41) is 20.6. The molecule has 26 heavy (non-hydrogen) atoms. The number of rotatable bonds is 6. The second-order valence-electron chi connectivity index (χ2n) is 6.00. The largest absolute Gasteiger partial charge is 0.507 e. The maximum atomic E-state index is 13.7. The van der Waals surface area contributed by atoms with E-state index >= 15 is 0 Å². The molecule has 2 N–H and O–H groups in total. The molecule has 5 heteroatoms. The van der Waals surface area contributed by atoms with Crippen LogP contribution in [0, 0.1) is 5.82 Å². The van der Waals surface area contributed by atoms with Crippen LogP contribution in [0.4, 0.5) is 4.39 Å². The lowest BCUT2D eigenvalue weighted by Gasteiger charge is -2.13. The van der Waals surface area contributed by atoms with Gasteiger partial charge >= 0.3 is 0 Å². The van der Waals surface area contributed by atoms with Crippen LogP contribution in [0.5, 0.6) is 17.2 Å². The molecule has 136 valence electrons. The molecule has 0 aliphatic carbocycles. The molecular formula is C21H21FO4. The van der Waals surface area contributed by atoms with Crippen molar-refractivity contribution in [1.82, 2.24) is 0 Å². The van der Waals surface area contributed by atoms with Crippen LogP contribution >= 0.6 is 0 Å². The quantitative estimate of drug-likeness (QED) is 0.449. The number of aromatic hydroxyl groups is 2. The lowest BCUT2D eigenvalue weighted by atomic mass is 9.99. The number of phenolic OH excluding ortho intramolecular Hbond substituents is 2. The van der Waals surface area contributed by atoms with Crippen molar-refractivity contribution in [3.8, 4) is 17.2 Å². The second-order valence-corrected chi connectivity index (χ2v) is 6.00. The predicted octanol–water partition coefficient (Wildman–Crippen LogP) is 4.65. The molecule has 0 aromatic heterocycles. The van der Waals surface area contributed by atoms with Crippen LogP contribution in [-0.2, 0) is 6.42 Å². The van der Waals surface area contributed by atoms with Gasteiger partial charge in [-0.15, -0.1) is 0 Å². The monoisotopic (exact) mass is 356 g/mol. The molecule has 2 aromatic rings. The number of allylic oxidation sites excluding steroid dienone is 3. The number of phenols is 2. The van der Waals surface area contributed by atoms with Gasteiger partial charge in [-0.05, 0) is 38.5 Å². The first-order chi connectivity index (χ1) is 12.3. The zero-order valence-electron chi connectivity index (χ0n) is 14.9. The number of carbonyl (C=O) groups is 1. The minimum Gasteiger partial charge on any atom is -0.507 e. The minimum absolute atomic E-state index is 0.0455. The Morgan fingerprint density at radius 2 is 1.92 bits per heavy atom. The first-order valence-electron chi connectivity index (χ1n) is 8.07. The van der Waals surface area contributed by atoms with E-state index in [0.717, 1.165) is 11.6 Å². The van der Waals surface area contributed by atoms with E-state index in [-0.39, 0.29) is 40.4 Å². The SMILES string of the molecule is COc1cc(O)c(CC=C(C)C)c(O)c1C(=O)C=Cc1ccccc1F. The van der Waals surface area contributed by atoms with E-state index in [4.69, 9.17) is 4.74 Å². The summed E-state index contributed by atoms with van der Waals surface area (Å²) >= 11 is 0. The lowest BCUT2D eigenvalue weighted by molar-refractivity contribution is 0.104. The van der Waals surface area contributed by atoms with Crippen molar-refractivity contribution in [2.75, 3.05) is 7.11 Å². The molecule has 0 amide bonds. The Morgan fingerprint density at radius 1 is 1.23 bits per heavy atom. The molecular weight excluding hydrogens is 335 g/mol. The number of benzene rings is 2. The minimum atomic E-state index is -0.555. The number of methoxy groups -OCH3 is 1. The maximum absolute atomic E-state index is 13.7. The van der Waals surface area contributed by atoms with Crippen LogP contribution in [0.15, 0.2) is 48.1 Å². The van der Waals surface area contributed by atoms with Gasteiger partial charge in [0.1, 0.15) is 28.6 Å². The van der Waals surface area contributed by atoms with E-state index in [9.17, 15) is 19.4 Å². The van der Waals surface area contributed by atoms with Crippen LogP contribution in [0.25, 0.3) is 6.08 Å². The highest BCUT2D eigenvalue weighted by molar-refractivity contribution is 6.11. The van der Waals surface area contributed by atoms with Gasteiger partial charge in [-0.1, -0.05) is 29.8 Å². The van der Waals surface area contributed by atoms with Crippen molar-refractivity contribution in [3.63, 3.8) is 0 Å². The van der Waals surface area contributed by atoms with Gasteiger partial charge in [0.15, 0.2) is 5.78 Å². The van der Waals surface area contributed by atoms with Gasteiger partial charge in [0.25, 0.3) is 0 Å². The first-order valence-corrected chi connectivity index (χ1v) is 8.07. The predicted molar refractivity (Wildman–Crippen MR) is 99.2 cm³/mol. The molecule has 2 aromatic carbocycles. The summed E-state index contributed by atoms with van der Waals surface area (Å²) in [5.74, 6) is -1.47. The smallest absolute Gasteiger partial charge is 0.193 e. The van der Waals surface area contributed by atoms with Crippen LogP contribution in [0.1, 0.15) is 35.3 Å². The van der Waals surface area contributed by atoms with Crippen LogP contribution < -0.4 is 4.74 Å². The Balaban J connectivity index is 2.46. The van der Waals surface area contributed by atoms with Crippen LogP contribution in [-0.4, -0.2) is 23.1 Å². The third-order valence-electron chi connectivity index (χ3n) is 3.85. The second kappa shape index (κ2) is 8.34. The topological polar surface area (TPSA) is 66.8 Å². The fraction of sp³-hybridized carbons (Fsp3) is 0.190. The Hall–Kier alpha value is -3.08. The Labute approximate surface area is 151 Å². The number of carbonyl (C=O) groups excluding carboxylic acids is 1. The Morgan fingerprint density at radius 3 is 2.54 bits per heavy atom. The molecule has 0 atom stereocenters. The van der Waals surface area contributed by atoms with E-state index < -0.39 is 11.6 Å². The fourth-order valence-electron chi connectivity index (χ4n) is 2.44. The molecule has 0 radical (unpaired) electrons. The third kappa shape index (κ3) is 4.30. The summed E-state index contributed by atoms with van der Waals surface area (Å²) < 4.78 is 18.8. The molecule has 0 fully saturated rings. The Bertz CT molecular complexity index is 878. The molecule has 0 heterocycles. The molecule has 0 aliphatic rings. The molecule has 0 aliphatic heterocycles. The maximum Gasteiger partial charge on any atom is 0.193 e. The van der Waals surface area contributed by atoms with Crippen molar-refractivity contribution in [2.24, 2.45) is 0 Å². The summed E-state index contributed by atoms with van der Waals surface area (Å²) in [4.78, 5) is 12.6. The standard InChI is InChI=1S/C21H21FO4/c1-13(2)8-10-15-18(24)12-19(26-3)20(21(15)25)17(23)11-9-14-6-4-5-7-16(14)22/h4-9,11-12,24-25H,10H2,1-3H3. The Kier molecular flexibility index (Phi) is 6.17. The third-order valence-corrected chi connectivity index (χ3v) is 3.85. The normalized spacial score (nSPS) is 10.8.